The van der Waals surface area contributed by atoms with Crippen LogP contribution in [0.3, 0.4) is 0 Å². The third kappa shape index (κ3) is 5.87. The van der Waals surface area contributed by atoms with Gasteiger partial charge in [-0.3, -0.25) is 10.1 Å². The fourth-order valence-corrected chi connectivity index (χ4v) is 4.46. The quantitative estimate of drug-likeness (QED) is 0.635. The van der Waals surface area contributed by atoms with E-state index in [2.05, 4.69) is 0 Å². The van der Waals surface area contributed by atoms with Gasteiger partial charge in [-0.25, -0.2) is 13.2 Å². The second-order valence-electron chi connectivity index (χ2n) is 7.25. The van der Waals surface area contributed by atoms with Crippen molar-refractivity contribution >= 4 is 28.0 Å². The molecule has 5 N–H and O–H groups in total. The Morgan fingerprint density at radius 3 is 2.31 bits per heavy atom. The minimum atomic E-state index is -3.64. The third-order valence-electron chi connectivity index (χ3n) is 4.88. The number of carbonyl (C=O) groups excluding carboxylic acids is 2. The summed E-state index contributed by atoms with van der Waals surface area (Å²) in [4.78, 5) is 22.4. The number of nitriles is 1. The molecule has 2 rings (SSSR count). The van der Waals surface area contributed by atoms with Gasteiger partial charge in [0.2, 0.25) is 15.9 Å². The molecule has 156 valence electrons. The number of hydrogen-bond acceptors (Lipinski definition) is 6. The zero-order valence-corrected chi connectivity index (χ0v) is 17.3. The molecule has 0 radical (unpaired) electrons. The van der Waals surface area contributed by atoms with Gasteiger partial charge < -0.3 is 11.5 Å². The molecule has 1 aromatic carbocycles. The normalized spacial score (nSPS) is 17.0. The maximum absolute atomic E-state index is 12.6. The Hall–Kier alpha value is -2.74. The summed E-state index contributed by atoms with van der Waals surface area (Å²) < 4.78 is 26.5. The number of primary amides is 1. The van der Waals surface area contributed by atoms with E-state index in [9.17, 15) is 18.0 Å². The maximum Gasteiger partial charge on any atom is 0.318 e. The summed E-state index contributed by atoms with van der Waals surface area (Å²) in [7, 11) is -3.64. The summed E-state index contributed by atoms with van der Waals surface area (Å²) in [5.74, 6) is -0.513. The van der Waals surface area contributed by atoms with Crippen LogP contribution in [0.2, 0.25) is 0 Å². The molecule has 0 aliphatic carbocycles. The molecule has 0 saturated carbocycles. The largest absolute Gasteiger partial charge is 0.351 e. The SMILES string of the molecule is Cc1cc(CC(=O)NC(N)=O)cc(C)c1/C=C/S(=O)(=O)N1CCC(N)(C#N)CC1. The van der Waals surface area contributed by atoms with E-state index >= 15 is 0 Å². The molecule has 1 fully saturated rings. The van der Waals surface area contributed by atoms with Crippen LogP contribution in [-0.4, -0.2) is 43.3 Å². The maximum atomic E-state index is 12.6. The molecule has 29 heavy (non-hydrogen) atoms. The number of piperidine rings is 1. The van der Waals surface area contributed by atoms with Gasteiger partial charge in [-0.05, 0) is 55.0 Å². The summed E-state index contributed by atoms with van der Waals surface area (Å²) >= 11 is 0. The van der Waals surface area contributed by atoms with Crippen molar-refractivity contribution in [2.24, 2.45) is 11.5 Å². The number of sulfonamides is 1. The van der Waals surface area contributed by atoms with Crippen molar-refractivity contribution in [3.63, 3.8) is 0 Å². The number of benzene rings is 1. The van der Waals surface area contributed by atoms with Gasteiger partial charge in [0.25, 0.3) is 0 Å². The topological polar surface area (TPSA) is 159 Å². The molecule has 0 aromatic heterocycles. The van der Waals surface area contributed by atoms with Crippen LogP contribution >= 0.6 is 0 Å². The van der Waals surface area contributed by atoms with Crippen LogP contribution in [0.25, 0.3) is 6.08 Å². The van der Waals surface area contributed by atoms with Crippen LogP contribution in [0.4, 0.5) is 4.79 Å². The summed E-state index contributed by atoms with van der Waals surface area (Å²) in [6.07, 6.45) is 2.09. The molecular weight excluding hydrogens is 394 g/mol. The fraction of sp³-hybridized carbons (Fsp3) is 0.421. The molecule has 10 heteroatoms. The highest BCUT2D eigenvalue weighted by Gasteiger charge is 2.34. The average Bonchev–Trinajstić information content (AvgIpc) is 2.60. The molecule has 3 amide bonds. The Labute approximate surface area is 170 Å². The van der Waals surface area contributed by atoms with Crippen molar-refractivity contribution in [1.29, 1.82) is 5.26 Å². The van der Waals surface area contributed by atoms with Gasteiger partial charge in [0, 0.05) is 18.5 Å². The van der Waals surface area contributed by atoms with E-state index in [-0.39, 0.29) is 32.4 Å². The molecular formula is C19H25N5O4S. The first-order valence-corrected chi connectivity index (χ1v) is 10.5. The van der Waals surface area contributed by atoms with E-state index in [0.717, 1.165) is 22.1 Å². The molecule has 1 saturated heterocycles. The van der Waals surface area contributed by atoms with Crippen molar-refractivity contribution in [2.75, 3.05) is 13.1 Å². The van der Waals surface area contributed by atoms with Gasteiger partial charge in [0.05, 0.1) is 12.5 Å². The van der Waals surface area contributed by atoms with Crippen LogP contribution < -0.4 is 16.8 Å². The number of carbonyl (C=O) groups is 2. The van der Waals surface area contributed by atoms with E-state index in [1.54, 1.807) is 12.1 Å². The number of nitrogens with one attached hydrogen (secondary N) is 1. The minimum absolute atomic E-state index is 0.0135. The van der Waals surface area contributed by atoms with E-state index in [1.165, 1.54) is 10.4 Å². The van der Waals surface area contributed by atoms with Crippen LogP contribution in [0.5, 0.6) is 0 Å². The Morgan fingerprint density at radius 1 is 1.28 bits per heavy atom. The predicted molar refractivity (Wildman–Crippen MR) is 109 cm³/mol. The lowest BCUT2D eigenvalue weighted by Gasteiger charge is -2.33. The van der Waals surface area contributed by atoms with E-state index in [0.29, 0.717) is 5.56 Å². The van der Waals surface area contributed by atoms with Crippen molar-refractivity contribution in [3.8, 4) is 6.07 Å². The molecule has 0 spiro atoms. The lowest BCUT2D eigenvalue weighted by Crippen LogP contribution is -2.50. The zero-order chi connectivity index (χ0) is 21.8. The Morgan fingerprint density at radius 2 is 1.83 bits per heavy atom. The molecule has 0 atom stereocenters. The Bertz CT molecular complexity index is 963. The average molecular weight is 420 g/mol. The zero-order valence-electron chi connectivity index (χ0n) is 16.4. The molecule has 1 heterocycles. The number of rotatable bonds is 5. The predicted octanol–water partition coefficient (Wildman–Crippen LogP) is 0.658. The van der Waals surface area contributed by atoms with Crippen molar-refractivity contribution in [1.82, 2.24) is 9.62 Å². The number of amides is 3. The monoisotopic (exact) mass is 419 g/mol. The second-order valence-corrected chi connectivity index (χ2v) is 9.07. The smallest absolute Gasteiger partial charge is 0.318 e. The highest BCUT2D eigenvalue weighted by molar-refractivity contribution is 7.92. The van der Waals surface area contributed by atoms with Gasteiger partial charge in [-0.2, -0.15) is 9.57 Å². The van der Waals surface area contributed by atoms with Crippen LogP contribution in [-0.2, 0) is 21.2 Å². The molecule has 1 aliphatic heterocycles. The van der Waals surface area contributed by atoms with Crippen molar-refractivity contribution < 1.29 is 18.0 Å². The third-order valence-corrected chi connectivity index (χ3v) is 6.45. The number of urea groups is 1. The second kappa shape index (κ2) is 8.73. The number of imide groups is 1. The molecule has 9 nitrogen and oxygen atoms in total. The van der Waals surface area contributed by atoms with Gasteiger partial charge >= 0.3 is 6.03 Å². The van der Waals surface area contributed by atoms with Crippen LogP contribution in [0, 0.1) is 25.2 Å². The van der Waals surface area contributed by atoms with Crippen molar-refractivity contribution in [2.45, 2.75) is 38.6 Å². The van der Waals surface area contributed by atoms with Gasteiger partial charge in [-0.1, -0.05) is 12.1 Å². The first-order valence-electron chi connectivity index (χ1n) is 9.03. The minimum Gasteiger partial charge on any atom is -0.351 e. The number of nitrogens with two attached hydrogens (primary N) is 2. The van der Waals surface area contributed by atoms with Crippen molar-refractivity contribution in [3.05, 3.63) is 39.8 Å². The molecule has 0 unspecified atom stereocenters. The molecule has 0 bridgehead atoms. The first-order chi connectivity index (χ1) is 13.5. The number of nitrogens with zero attached hydrogens (tertiary/aromatic N) is 2. The summed E-state index contributed by atoms with van der Waals surface area (Å²) in [6.45, 7) is 4.02. The first kappa shape index (κ1) is 22.5. The van der Waals surface area contributed by atoms with Gasteiger partial charge in [-0.15, -0.1) is 0 Å². The number of hydrogen-bond donors (Lipinski definition) is 3. The van der Waals surface area contributed by atoms with Crippen LogP contribution in [0.1, 0.15) is 35.1 Å². The Kier molecular flexibility index (Phi) is 6.79. The molecule has 1 aliphatic rings. The fourth-order valence-electron chi connectivity index (χ4n) is 3.29. The van der Waals surface area contributed by atoms with E-state index in [1.807, 2.05) is 25.2 Å². The standard InChI is InChI=1S/C19H25N5O4S/c1-13-9-15(11-17(25)23-18(21)26)10-14(2)16(13)3-8-29(27,28)24-6-4-19(22,12-20)5-7-24/h3,8-10H,4-7,11,22H2,1-2H3,(H3,21,23,25,26)/b8-3+. The van der Waals surface area contributed by atoms with E-state index in [4.69, 9.17) is 16.7 Å². The summed E-state index contributed by atoms with van der Waals surface area (Å²) in [6, 6.07) is 4.65. The molecule has 1 aromatic rings. The summed E-state index contributed by atoms with van der Waals surface area (Å²) in [5, 5.41) is 12.2. The number of aryl methyl sites for hydroxylation is 2. The van der Waals surface area contributed by atoms with E-state index < -0.39 is 27.5 Å². The van der Waals surface area contributed by atoms with Gasteiger partial charge in [0.15, 0.2) is 0 Å². The van der Waals surface area contributed by atoms with Crippen LogP contribution in [0.15, 0.2) is 17.5 Å². The summed E-state index contributed by atoms with van der Waals surface area (Å²) in [5.41, 5.74) is 12.9. The van der Waals surface area contributed by atoms with Gasteiger partial charge in [0.1, 0.15) is 5.54 Å². The highest BCUT2D eigenvalue weighted by atomic mass is 32.2. The lowest BCUT2D eigenvalue weighted by molar-refractivity contribution is -0.119. The highest BCUT2D eigenvalue weighted by Crippen LogP contribution is 2.23. The Balaban J connectivity index is 2.15. The lowest BCUT2D eigenvalue weighted by atomic mass is 9.91.